The van der Waals surface area contributed by atoms with Gasteiger partial charge < -0.3 is 14.8 Å². The van der Waals surface area contributed by atoms with Gasteiger partial charge in [-0.2, -0.15) is 0 Å². The summed E-state index contributed by atoms with van der Waals surface area (Å²) in [5, 5.41) is 5.23. The molecule has 0 aliphatic rings. The van der Waals surface area contributed by atoms with Crippen LogP contribution in [0.25, 0.3) is 10.8 Å². The highest BCUT2D eigenvalue weighted by atomic mass is 16.5. The van der Waals surface area contributed by atoms with Crippen LogP contribution in [0, 0.1) is 0 Å². The summed E-state index contributed by atoms with van der Waals surface area (Å²) in [7, 11) is 0. The first kappa shape index (κ1) is 18.8. The Balaban J connectivity index is 1.60. The Hall–Kier alpha value is -3.01. The Morgan fingerprint density at radius 2 is 1.59 bits per heavy atom. The van der Waals surface area contributed by atoms with E-state index in [0.29, 0.717) is 12.4 Å². The number of hydrogen-bond acceptors (Lipinski definition) is 3. The maximum atomic E-state index is 12.5. The fourth-order valence-electron chi connectivity index (χ4n) is 2.93. The number of hydrogen-bond donors (Lipinski definition) is 1. The van der Waals surface area contributed by atoms with Crippen molar-refractivity contribution in [2.45, 2.75) is 32.9 Å². The van der Waals surface area contributed by atoms with Crippen molar-refractivity contribution in [3.63, 3.8) is 0 Å². The van der Waals surface area contributed by atoms with Crippen LogP contribution in [0.15, 0.2) is 66.7 Å². The summed E-state index contributed by atoms with van der Waals surface area (Å²) in [5.74, 6) is 1.36. The highest BCUT2D eigenvalue weighted by Gasteiger charge is 2.18. The van der Waals surface area contributed by atoms with Gasteiger partial charge in [-0.15, -0.1) is 0 Å². The number of rotatable bonds is 7. The van der Waals surface area contributed by atoms with E-state index in [-0.39, 0.29) is 11.9 Å². The average Bonchev–Trinajstić information content (AvgIpc) is 2.68. The van der Waals surface area contributed by atoms with Crippen LogP contribution in [0.5, 0.6) is 11.5 Å². The van der Waals surface area contributed by atoms with Crippen LogP contribution in [0.3, 0.4) is 0 Å². The number of ether oxygens (including phenoxy) is 2. The molecule has 1 N–H and O–H groups in total. The van der Waals surface area contributed by atoms with E-state index < -0.39 is 6.10 Å². The number of carbonyl (C=O) groups excluding carboxylic acids is 1. The molecule has 4 heteroatoms. The monoisotopic (exact) mass is 363 g/mol. The third-order valence-electron chi connectivity index (χ3n) is 4.45. The predicted octanol–water partition coefficient (Wildman–Crippen LogP) is 4.88. The summed E-state index contributed by atoms with van der Waals surface area (Å²) in [4.78, 5) is 12.5. The SMILES string of the molecule is CCOc1ccc([C@H](C)NC(=O)[C@@H](C)Oc2ccc3ccccc3c2)cc1. The molecule has 0 aliphatic heterocycles. The van der Waals surface area contributed by atoms with Crippen molar-refractivity contribution >= 4 is 16.7 Å². The molecule has 1 amide bonds. The maximum absolute atomic E-state index is 12.5. The third-order valence-corrected chi connectivity index (χ3v) is 4.45. The lowest BCUT2D eigenvalue weighted by atomic mass is 10.1. The number of nitrogens with one attached hydrogen (secondary N) is 1. The number of benzene rings is 3. The highest BCUT2D eigenvalue weighted by Crippen LogP contribution is 2.22. The van der Waals surface area contributed by atoms with Gasteiger partial charge >= 0.3 is 0 Å². The smallest absolute Gasteiger partial charge is 0.261 e. The third kappa shape index (κ3) is 4.79. The van der Waals surface area contributed by atoms with Gasteiger partial charge in [-0.05, 0) is 61.4 Å². The topological polar surface area (TPSA) is 47.6 Å². The van der Waals surface area contributed by atoms with Crippen LogP contribution in [0.1, 0.15) is 32.4 Å². The Kier molecular flexibility index (Phi) is 5.97. The van der Waals surface area contributed by atoms with Crippen LogP contribution in [-0.2, 0) is 4.79 Å². The minimum atomic E-state index is -0.587. The van der Waals surface area contributed by atoms with Crippen molar-refractivity contribution in [3.8, 4) is 11.5 Å². The van der Waals surface area contributed by atoms with Gasteiger partial charge in [0.15, 0.2) is 6.10 Å². The molecule has 0 spiro atoms. The molecule has 3 aromatic rings. The Morgan fingerprint density at radius 1 is 0.926 bits per heavy atom. The summed E-state index contributed by atoms with van der Waals surface area (Å²) in [6.45, 7) is 6.30. The van der Waals surface area contributed by atoms with E-state index in [1.54, 1.807) is 6.92 Å². The van der Waals surface area contributed by atoms with E-state index in [0.717, 1.165) is 22.1 Å². The van der Waals surface area contributed by atoms with Gasteiger partial charge in [0.2, 0.25) is 0 Å². The molecule has 0 radical (unpaired) electrons. The normalized spacial score (nSPS) is 13.0. The van der Waals surface area contributed by atoms with E-state index in [9.17, 15) is 4.79 Å². The molecule has 3 rings (SSSR count). The molecule has 0 fully saturated rings. The molecule has 0 saturated heterocycles. The minimum absolute atomic E-state index is 0.115. The highest BCUT2D eigenvalue weighted by molar-refractivity contribution is 5.84. The second-order valence-corrected chi connectivity index (χ2v) is 6.50. The van der Waals surface area contributed by atoms with Crippen LogP contribution >= 0.6 is 0 Å². The lowest BCUT2D eigenvalue weighted by Gasteiger charge is -2.19. The van der Waals surface area contributed by atoms with Gasteiger partial charge in [0.1, 0.15) is 11.5 Å². The van der Waals surface area contributed by atoms with Crippen LogP contribution < -0.4 is 14.8 Å². The van der Waals surface area contributed by atoms with Gasteiger partial charge in [0.25, 0.3) is 5.91 Å². The number of amides is 1. The molecular formula is C23H25NO3. The fourth-order valence-corrected chi connectivity index (χ4v) is 2.93. The van der Waals surface area contributed by atoms with Crippen LogP contribution in [0.4, 0.5) is 0 Å². The zero-order valence-electron chi connectivity index (χ0n) is 15.9. The quantitative estimate of drug-likeness (QED) is 0.650. The van der Waals surface area contributed by atoms with E-state index in [1.807, 2.05) is 80.6 Å². The molecule has 0 unspecified atom stereocenters. The number of carbonyl (C=O) groups is 1. The zero-order chi connectivity index (χ0) is 19.2. The van der Waals surface area contributed by atoms with E-state index in [2.05, 4.69) is 5.32 Å². The molecule has 2 atom stereocenters. The van der Waals surface area contributed by atoms with Gasteiger partial charge in [0, 0.05) is 0 Å². The number of fused-ring (bicyclic) bond motifs is 1. The lowest BCUT2D eigenvalue weighted by molar-refractivity contribution is -0.127. The largest absolute Gasteiger partial charge is 0.494 e. The minimum Gasteiger partial charge on any atom is -0.494 e. The van der Waals surface area contributed by atoms with E-state index in [4.69, 9.17) is 9.47 Å². The molecule has 0 heterocycles. The van der Waals surface area contributed by atoms with Gasteiger partial charge in [-0.25, -0.2) is 0 Å². The summed E-state index contributed by atoms with van der Waals surface area (Å²) in [6.07, 6.45) is -0.587. The molecule has 3 aromatic carbocycles. The molecular weight excluding hydrogens is 338 g/mol. The predicted molar refractivity (Wildman–Crippen MR) is 108 cm³/mol. The summed E-state index contributed by atoms with van der Waals surface area (Å²) >= 11 is 0. The molecule has 0 saturated carbocycles. The Morgan fingerprint density at radius 3 is 2.30 bits per heavy atom. The first-order valence-corrected chi connectivity index (χ1v) is 9.25. The van der Waals surface area contributed by atoms with Gasteiger partial charge in [0.05, 0.1) is 12.6 Å². The average molecular weight is 363 g/mol. The van der Waals surface area contributed by atoms with Gasteiger partial charge in [-0.1, -0.05) is 42.5 Å². The first-order valence-electron chi connectivity index (χ1n) is 9.25. The summed E-state index contributed by atoms with van der Waals surface area (Å²) in [5.41, 5.74) is 1.02. The van der Waals surface area contributed by atoms with Crippen molar-refractivity contribution in [3.05, 3.63) is 72.3 Å². The van der Waals surface area contributed by atoms with E-state index in [1.165, 1.54) is 0 Å². The van der Waals surface area contributed by atoms with Crippen molar-refractivity contribution < 1.29 is 14.3 Å². The van der Waals surface area contributed by atoms with Crippen molar-refractivity contribution in [2.75, 3.05) is 6.61 Å². The molecule has 0 aromatic heterocycles. The second-order valence-electron chi connectivity index (χ2n) is 6.50. The summed E-state index contributed by atoms with van der Waals surface area (Å²) < 4.78 is 11.3. The fraction of sp³-hybridized carbons (Fsp3) is 0.261. The Bertz CT molecular complexity index is 905. The summed E-state index contributed by atoms with van der Waals surface area (Å²) in [6, 6.07) is 21.5. The molecule has 140 valence electrons. The molecule has 0 aliphatic carbocycles. The maximum Gasteiger partial charge on any atom is 0.261 e. The van der Waals surface area contributed by atoms with E-state index >= 15 is 0 Å². The molecule has 4 nitrogen and oxygen atoms in total. The molecule has 0 bridgehead atoms. The Labute approximate surface area is 160 Å². The van der Waals surface area contributed by atoms with Gasteiger partial charge in [-0.3, -0.25) is 4.79 Å². The second kappa shape index (κ2) is 8.58. The van der Waals surface area contributed by atoms with Crippen LogP contribution in [0.2, 0.25) is 0 Å². The van der Waals surface area contributed by atoms with Crippen molar-refractivity contribution in [1.82, 2.24) is 5.32 Å². The standard InChI is InChI=1S/C23H25NO3/c1-4-26-21-12-9-18(10-13-21)16(2)24-23(25)17(3)27-22-14-11-19-7-5-6-8-20(19)15-22/h5-17H,4H2,1-3H3,(H,24,25)/t16-,17+/m0/s1. The molecule has 27 heavy (non-hydrogen) atoms. The first-order chi connectivity index (χ1) is 13.1. The zero-order valence-corrected chi connectivity index (χ0v) is 15.9. The van der Waals surface area contributed by atoms with Crippen LogP contribution in [-0.4, -0.2) is 18.6 Å². The van der Waals surface area contributed by atoms with Crippen molar-refractivity contribution in [1.29, 1.82) is 0 Å². The van der Waals surface area contributed by atoms with Crippen molar-refractivity contribution in [2.24, 2.45) is 0 Å². The lowest BCUT2D eigenvalue weighted by Crippen LogP contribution is -2.37.